The summed E-state index contributed by atoms with van der Waals surface area (Å²) >= 11 is 1.73. The molecule has 0 saturated carbocycles. The first kappa shape index (κ1) is 15.8. The summed E-state index contributed by atoms with van der Waals surface area (Å²) in [7, 11) is 0. The number of rotatable bonds is 4. The minimum Gasteiger partial charge on any atom is -0.444 e. The molecule has 2 aliphatic rings. The number of amides is 1. The molecule has 2 saturated heterocycles. The predicted molar refractivity (Wildman–Crippen MR) is 89.0 cm³/mol. The second-order valence-corrected chi connectivity index (χ2v) is 8.22. The third kappa shape index (κ3) is 3.46. The summed E-state index contributed by atoms with van der Waals surface area (Å²) in [6.07, 6.45) is 3.24. The van der Waals surface area contributed by atoms with Gasteiger partial charge >= 0.3 is 6.09 Å². The number of fused-ring (bicyclic) bond motifs is 2. The first-order valence-corrected chi connectivity index (χ1v) is 9.11. The van der Waals surface area contributed by atoms with Crippen LogP contribution in [0.2, 0.25) is 0 Å². The number of hydrogen-bond donors (Lipinski definition) is 1. The highest BCUT2D eigenvalue weighted by Gasteiger charge is 2.49. The van der Waals surface area contributed by atoms with E-state index in [9.17, 15) is 4.79 Å². The second kappa shape index (κ2) is 6.20. The highest BCUT2D eigenvalue weighted by molar-refractivity contribution is 7.07. The molecule has 2 bridgehead atoms. The van der Waals surface area contributed by atoms with Gasteiger partial charge in [0.25, 0.3) is 0 Å². The second-order valence-electron chi connectivity index (χ2n) is 7.44. The van der Waals surface area contributed by atoms with E-state index in [1.807, 2.05) is 25.7 Å². The summed E-state index contributed by atoms with van der Waals surface area (Å²) in [4.78, 5) is 14.4. The summed E-state index contributed by atoms with van der Waals surface area (Å²) in [5.74, 6) is 0.560. The van der Waals surface area contributed by atoms with Gasteiger partial charge in [-0.15, -0.1) is 0 Å². The minimum absolute atomic E-state index is 0.125. The molecule has 0 radical (unpaired) electrons. The van der Waals surface area contributed by atoms with Crippen molar-refractivity contribution in [3.8, 4) is 0 Å². The molecule has 2 fully saturated rings. The van der Waals surface area contributed by atoms with Crippen LogP contribution < -0.4 is 5.32 Å². The summed E-state index contributed by atoms with van der Waals surface area (Å²) < 4.78 is 5.58. The highest BCUT2D eigenvalue weighted by atomic mass is 32.1. The van der Waals surface area contributed by atoms with Crippen molar-refractivity contribution >= 4 is 17.4 Å². The molecule has 3 heterocycles. The average Bonchev–Trinajstić information content (AvgIpc) is 3.11. The number of nitrogens with zero attached hydrogens (tertiary/aromatic N) is 1. The third-order valence-electron chi connectivity index (χ3n) is 4.59. The minimum atomic E-state index is -0.411. The van der Waals surface area contributed by atoms with E-state index < -0.39 is 5.60 Å². The maximum Gasteiger partial charge on any atom is 0.410 e. The van der Waals surface area contributed by atoms with Gasteiger partial charge in [-0.2, -0.15) is 11.3 Å². The topological polar surface area (TPSA) is 41.6 Å². The van der Waals surface area contributed by atoms with Crippen molar-refractivity contribution in [1.82, 2.24) is 10.2 Å². The summed E-state index contributed by atoms with van der Waals surface area (Å²) in [6.45, 7) is 7.70. The van der Waals surface area contributed by atoms with Gasteiger partial charge in [0, 0.05) is 25.2 Å². The zero-order valence-corrected chi connectivity index (χ0v) is 14.5. The molecule has 0 spiro atoms. The van der Waals surface area contributed by atoms with Crippen LogP contribution in [0.15, 0.2) is 16.8 Å². The quantitative estimate of drug-likeness (QED) is 0.920. The van der Waals surface area contributed by atoms with Gasteiger partial charge < -0.3 is 15.0 Å². The molecular weight excluding hydrogens is 296 g/mol. The first-order valence-electron chi connectivity index (χ1n) is 8.17. The number of hydrogen-bond acceptors (Lipinski definition) is 4. The van der Waals surface area contributed by atoms with Crippen molar-refractivity contribution in [3.63, 3.8) is 0 Å². The molecule has 0 aliphatic carbocycles. The van der Waals surface area contributed by atoms with Crippen molar-refractivity contribution in [2.24, 2.45) is 5.92 Å². The van der Waals surface area contributed by atoms with Gasteiger partial charge in [0.1, 0.15) is 5.60 Å². The number of carbonyl (C=O) groups is 1. The Balaban J connectivity index is 1.53. The molecular formula is C17H26N2O2S. The Labute approximate surface area is 136 Å². The molecule has 1 aromatic heterocycles. The predicted octanol–water partition coefficient (Wildman–Crippen LogP) is 3.63. The van der Waals surface area contributed by atoms with Crippen LogP contribution in [0, 0.1) is 5.92 Å². The van der Waals surface area contributed by atoms with Gasteiger partial charge in [0.15, 0.2) is 0 Å². The Morgan fingerprint density at radius 3 is 2.95 bits per heavy atom. The Bertz CT molecular complexity index is 509. The maximum absolute atomic E-state index is 12.4. The highest BCUT2D eigenvalue weighted by Crippen LogP contribution is 2.42. The summed E-state index contributed by atoms with van der Waals surface area (Å²) in [5.41, 5.74) is 0.934. The molecule has 4 nitrogen and oxygen atoms in total. The molecule has 1 amide bonds. The van der Waals surface area contributed by atoms with Gasteiger partial charge in [0.05, 0.1) is 0 Å². The van der Waals surface area contributed by atoms with Crippen LogP contribution in [0.4, 0.5) is 4.79 Å². The average molecular weight is 322 g/mol. The Hall–Kier alpha value is -1.07. The third-order valence-corrected chi connectivity index (χ3v) is 5.32. The van der Waals surface area contributed by atoms with E-state index >= 15 is 0 Å². The Kier molecular flexibility index (Phi) is 4.46. The van der Waals surface area contributed by atoms with Crippen molar-refractivity contribution in [2.75, 3.05) is 6.54 Å². The lowest BCUT2D eigenvalue weighted by atomic mass is 9.89. The molecule has 3 rings (SSSR count). The van der Waals surface area contributed by atoms with Gasteiger partial charge in [-0.1, -0.05) is 0 Å². The molecule has 3 unspecified atom stereocenters. The Morgan fingerprint density at radius 1 is 1.45 bits per heavy atom. The van der Waals surface area contributed by atoms with E-state index in [0.717, 1.165) is 32.4 Å². The monoisotopic (exact) mass is 322 g/mol. The van der Waals surface area contributed by atoms with Crippen LogP contribution in [-0.2, 0) is 11.3 Å². The summed E-state index contributed by atoms with van der Waals surface area (Å²) in [5, 5.41) is 7.84. The number of nitrogens with one attached hydrogen (secondary N) is 1. The molecule has 1 aromatic rings. The summed E-state index contributed by atoms with van der Waals surface area (Å²) in [6, 6.07) is 2.90. The Morgan fingerprint density at radius 2 is 2.27 bits per heavy atom. The van der Waals surface area contributed by atoms with Gasteiger partial charge in [-0.25, -0.2) is 4.79 Å². The zero-order valence-electron chi connectivity index (χ0n) is 13.7. The lowest BCUT2D eigenvalue weighted by Crippen LogP contribution is -2.41. The molecule has 5 heteroatoms. The number of thiophene rings is 1. The van der Waals surface area contributed by atoms with Crippen LogP contribution in [0.5, 0.6) is 0 Å². The van der Waals surface area contributed by atoms with E-state index in [1.165, 1.54) is 5.56 Å². The smallest absolute Gasteiger partial charge is 0.410 e. The molecule has 0 aromatic carbocycles. The van der Waals surface area contributed by atoms with Gasteiger partial charge in [-0.3, -0.25) is 0 Å². The van der Waals surface area contributed by atoms with Gasteiger partial charge in [0.2, 0.25) is 0 Å². The lowest BCUT2D eigenvalue weighted by molar-refractivity contribution is 0.0205. The first-order chi connectivity index (χ1) is 10.4. The molecule has 122 valence electrons. The van der Waals surface area contributed by atoms with E-state index in [-0.39, 0.29) is 6.09 Å². The van der Waals surface area contributed by atoms with Crippen molar-refractivity contribution in [2.45, 2.75) is 64.3 Å². The van der Waals surface area contributed by atoms with Gasteiger partial charge in [-0.05, 0) is 68.3 Å². The largest absolute Gasteiger partial charge is 0.444 e. The van der Waals surface area contributed by atoms with Crippen LogP contribution in [0.25, 0.3) is 0 Å². The molecule has 2 aliphatic heterocycles. The standard InChI is InChI=1S/C17H26N2O2S/c1-17(2,3)21-16(20)19-14-4-5-15(19)13(8-14)10-18-9-12-6-7-22-11-12/h6-7,11,13-15,18H,4-5,8-10H2,1-3H3. The normalized spacial score (nSPS) is 27.4. The van der Waals surface area contributed by atoms with E-state index in [1.54, 1.807) is 11.3 Å². The van der Waals surface area contributed by atoms with Crippen LogP contribution in [-0.4, -0.2) is 35.2 Å². The van der Waals surface area contributed by atoms with Crippen molar-refractivity contribution < 1.29 is 9.53 Å². The molecule has 1 N–H and O–H groups in total. The fraction of sp³-hybridized carbons (Fsp3) is 0.706. The fourth-order valence-corrected chi connectivity index (χ4v) is 4.40. The molecule has 3 atom stereocenters. The number of ether oxygens (including phenoxy) is 1. The van der Waals surface area contributed by atoms with E-state index in [0.29, 0.717) is 18.0 Å². The van der Waals surface area contributed by atoms with Crippen LogP contribution in [0.3, 0.4) is 0 Å². The number of carbonyl (C=O) groups excluding carboxylic acids is 1. The van der Waals surface area contributed by atoms with E-state index in [2.05, 4.69) is 22.1 Å². The van der Waals surface area contributed by atoms with E-state index in [4.69, 9.17) is 4.74 Å². The maximum atomic E-state index is 12.4. The van der Waals surface area contributed by atoms with Crippen molar-refractivity contribution in [3.05, 3.63) is 22.4 Å². The lowest BCUT2D eigenvalue weighted by Gasteiger charge is -2.28. The zero-order chi connectivity index (χ0) is 15.7. The van der Waals surface area contributed by atoms with Crippen molar-refractivity contribution in [1.29, 1.82) is 0 Å². The fourth-order valence-electron chi connectivity index (χ4n) is 3.73. The SMILES string of the molecule is CC(C)(C)OC(=O)N1C2CCC1C(CNCc1ccsc1)C2. The van der Waals surface area contributed by atoms with Crippen LogP contribution in [0.1, 0.15) is 45.6 Å². The van der Waals surface area contributed by atoms with Crippen LogP contribution >= 0.6 is 11.3 Å². The molecule has 22 heavy (non-hydrogen) atoms.